The summed E-state index contributed by atoms with van der Waals surface area (Å²) in [6, 6.07) is 7.14. The number of nitrogens with zero attached hydrogens (tertiary/aromatic N) is 1. The van der Waals surface area contributed by atoms with Gasteiger partial charge >= 0.3 is 5.97 Å². The molecule has 0 saturated heterocycles. The topological polar surface area (TPSA) is 81.0 Å². The molecule has 88 valence electrons. The van der Waals surface area contributed by atoms with E-state index in [2.05, 4.69) is 10.2 Å². The lowest BCUT2D eigenvalue weighted by molar-refractivity contribution is 0.0467. The van der Waals surface area contributed by atoms with Crippen LogP contribution in [0.5, 0.6) is 0 Å². The molecule has 3 N–H and O–H groups in total. The van der Waals surface area contributed by atoms with Gasteiger partial charge in [-0.05, 0) is 6.07 Å². The van der Waals surface area contributed by atoms with E-state index in [9.17, 15) is 4.79 Å². The number of carbonyl (C=O) groups is 1. The van der Waals surface area contributed by atoms with Gasteiger partial charge in [0.05, 0.1) is 11.9 Å². The Morgan fingerprint density at radius 1 is 1.47 bits per heavy atom. The number of aromatic amines is 1. The average molecular weight is 252 g/mol. The fourth-order valence-electron chi connectivity index (χ4n) is 1.29. The summed E-state index contributed by atoms with van der Waals surface area (Å²) in [6.45, 7) is 0.0942. The average Bonchev–Trinajstić information content (AvgIpc) is 2.74. The number of esters is 1. The number of nitrogen functional groups attached to an aromatic ring is 1. The normalized spacial score (nSPS) is 10.2. The minimum Gasteiger partial charge on any atom is -0.456 e. The van der Waals surface area contributed by atoms with Crippen LogP contribution in [-0.2, 0) is 11.3 Å². The molecule has 0 radical (unpaired) electrons. The number of benzene rings is 1. The zero-order valence-corrected chi connectivity index (χ0v) is 9.57. The van der Waals surface area contributed by atoms with Crippen molar-refractivity contribution in [3.8, 4) is 0 Å². The maximum atomic E-state index is 11.6. The van der Waals surface area contributed by atoms with Gasteiger partial charge in [0.1, 0.15) is 6.61 Å². The first kappa shape index (κ1) is 11.5. The SMILES string of the molecule is Nc1cn[nH]c1C(=O)OCc1ccccc1Cl. The molecule has 0 saturated carbocycles. The minimum absolute atomic E-state index is 0.0942. The molecule has 1 heterocycles. The Morgan fingerprint density at radius 3 is 2.88 bits per heavy atom. The summed E-state index contributed by atoms with van der Waals surface area (Å²) in [5.41, 5.74) is 6.66. The highest BCUT2D eigenvalue weighted by atomic mass is 35.5. The summed E-state index contributed by atoms with van der Waals surface area (Å²) >= 11 is 5.93. The second-order valence-corrected chi connectivity index (χ2v) is 3.78. The smallest absolute Gasteiger partial charge is 0.358 e. The lowest BCUT2D eigenvalue weighted by Crippen LogP contribution is -2.08. The maximum absolute atomic E-state index is 11.6. The molecule has 0 aliphatic carbocycles. The van der Waals surface area contributed by atoms with E-state index in [1.807, 2.05) is 6.07 Å². The highest BCUT2D eigenvalue weighted by Crippen LogP contribution is 2.17. The highest BCUT2D eigenvalue weighted by molar-refractivity contribution is 6.31. The zero-order valence-electron chi connectivity index (χ0n) is 8.81. The number of hydrogen-bond acceptors (Lipinski definition) is 4. The molecule has 0 spiro atoms. The lowest BCUT2D eigenvalue weighted by atomic mass is 10.2. The number of rotatable bonds is 3. The van der Waals surface area contributed by atoms with Crippen LogP contribution in [0.25, 0.3) is 0 Å². The number of halogens is 1. The lowest BCUT2D eigenvalue weighted by Gasteiger charge is -2.05. The standard InChI is InChI=1S/C11H10ClN3O2/c12-8-4-2-1-3-7(8)6-17-11(16)10-9(13)5-14-15-10/h1-5H,6,13H2,(H,14,15). The van der Waals surface area contributed by atoms with Crippen LogP contribution in [0.3, 0.4) is 0 Å². The van der Waals surface area contributed by atoms with E-state index in [-0.39, 0.29) is 18.0 Å². The summed E-state index contributed by atoms with van der Waals surface area (Å²) in [6.07, 6.45) is 1.35. The predicted molar refractivity (Wildman–Crippen MR) is 63.6 cm³/mol. The minimum atomic E-state index is -0.556. The molecule has 0 bridgehead atoms. The number of H-pyrrole nitrogens is 1. The first-order valence-corrected chi connectivity index (χ1v) is 5.25. The number of anilines is 1. The first-order chi connectivity index (χ1) is 8.18. The van der Waals surface area contributed by atoms with Crippen molar-refractivity contribution in [2.24, 2.45) is 0 Å². The van der Waals surface area contributed by atoms with Crippen molar-refractivity contribution >= 4 is 23.3 Å². The van der Waals surface area contributed by atoms with Crippen LogP contribution in [0.4, 0.5) is 5.69 Å². The van der Waals surface area contributed by atoms with Crippen LogP contribution in [-0.4, -0.2) is 16.2 Å². The highest BCUT2D eigenvalue weighted by Gasteiger charge is 2.13. The molecule has 1 aromatic carbocycles. The van der Waals surface area contributed by atoms with Gasteiger partial charge in [-0.2, -0.15) is 5.10 Å². The number of hydrogen-bond donors (Lipinski definition) is 2. The summed E-state index contributed by atoms with van der Waals surface area (Å²) in [7, 11) is 0. The van der Waals surface area contributed by atoms with Gasteiger partial charge in [0, 0.05) is 10.6 Å². The maximum Gasteiger partial charge on any atom is 0.358 e. The quantitative estimate of drug-likeness (QED) is 0.818. The Hall–Kier alpha value is -2.01. The Labute approximate surface area is 103 Å². The molecule has 0 atom stereocenters. The van der Waals surface area contributed by atoms with Crippen LogP contribution in [0.15, 0.2) is 30.5 Å². The molecule has 0 amide bonds. The van der Waals surface area contributed by atoms with Gasteiger partial charge in [0.2, 0.25) is 0 Å². The summed E-state index contributed by atoms with van der Waals surface area (Å²) < 4.78 is 5.06. The van der Waals surface area contributed by atoms with Crippen molar-refractivity contribution in [3.63, 3.8) is 0 Å². The summed E-state index contributed by atoms with van der Waals surface area (Å²) in [4.78, 5) is 11.6. The molecule has 0 fully saturated rings. The van der Waals surface area contributed by atoms with Crippen molar-refractivity contribution in [2.75, 3.05) is 5.73 Å². The van der Waals surface area contributed by atoms with E-state index < -0.39 is 5.97 Å². The van der Waals surface area contributed by atoms with Gasteiger partial charge in [-0.25, -0.2) is 4.79 Å². The molecule has 0 aliphatic rings. The number of nitrogens with two attached hydrogens (primary N) is 1. The zero-order chi connectivity index (χ0) is 12.3. The Morgan fingerprint density at radius 2 is 2.24 bits per heavy atom. The first-order valence-electron chi connectivity index (χ1n) is 4.88. The third-order valence-electron chi connectivity index (χ3n) is 2.19. The fourth-order valence-corrected chi connectivity index (χ4v) is 1.48. The van der Waals surface area contributed by atoms with Gasteiger partial charge in [0.15, 0.2) is 5.69 Å². The molecular weight excluding hydrogens is 242 g/mol. The third-order valence-corrected chi connectivity index (χ3v) is 2.56. The Kier molecular flexibility index (Phi) is 3.30. The number of aromatic nitrogens is 2. The van der Waals surface area contributed by atoms with E-state index in [0.29, 0.717) is 5.02 Å². The van der Waals surface area contributed by atoms with Crippen LogP contribution < -0.4 is 5.73 Å². The largest absolute Gasteiger partial charge is 0.456 e. The molecular formula is C11H10ClN3O2. The molecule has 2 aromatic rings. The van der Waals surface area contributed by atoms with E-state index in [1.54, 1.807) is 18.2 Å². The van der Waals surface area contributed by atoms with Crippen LogP contribution in [0.2, 0.25) is 5.02 Å². The second kappa shape index (κ2) is 4.88. The Bertz CT molecular complexity index is 539. The van der Waals surface area contributed by atoms with Crippen LogP contribution >= 0.6 is 11.6 Å². The monoisotopic (exact) mass is 251 g/mol. The molecule has 0 aliphatic heterocycles. The van der Waals surface area contributed by atoms with E-state index >= 15 is 0 Å². The van der Waals surface area contributed by atoms with Crippen molar-refractivity contribution in [2.45, 2.75) is 6.61 Å². The number of nitrogens with one attached hydrogen (secondary N) is 1. The third kappa shape index (κ3) is 2.57. The van der Waals surface area contributed by atoms with Crippen LogP contribution in [0.1, 0.15) is 16.1 Å². The predicted octanol–water partition coefficient (Wildman–Crippen LogP) is 2.00. The fraction of sp³-hybridized carbons (Fsp3) is 0.0909. The molecule has 6 heteroatoms. The molecule has 2 rings (SSSR count). The Balaban J connectivity index is 2.02. The van der Waals surface area contributed by atoms with Gasteiger partial charge < -0.3 is 10.5 Å². The number of carbonyl (C=O) groups excluding carboxylic acids is 1. The van der Waals surface area contributed by atoms with Crippen LogP contribution in [0, 0.1) is 0 Å². The van der Waals surface area contributed by atoms with E-state index in [4.69, 9.17) is 22.1 Å². The summed E-state index contributed by atoms with van der Waals surface area (Å²) in [5.74, 6) is -0.556. The molecule has 5 nitrogen and oxygen atoms in total. The van der Waals surface area contributed by atoms with Gasteiger partial charge in [-0.1, -0.05) is 29.8 Å². The molecule has 17 heavy (non-hydrogen) atoms. The van der Waals surface area contributed by atoms with E-state index in [1.165, 1.54) is 6.20 Å². The van der Waals surface area contributed by atoms with Crippen molar-refractivity contribution < 1.29 is 9.53 Å². The molecule has 0 unspecified atom stereocenters. The van der Waals surface area contributed by atoms with Crippen molar-refractivity contribution in [1.29, 1.82) is 0 Å². The van der Waals surface area contributed by atoms with Gasteiger partial charge in [0.25, 0.3) is 0 Å². The van der Waals surface area contributed by atoms with Crippen molar-refractivity contribution in [3.05, 3.63) is 46.7 Å². The van der Waals surface area contributed by atoms with E-state index in [0.717, 1.165) is 5.56 Å². The van der Waals surface area contributed by atoms with Crippen molar-refractivity contribution in [1.82, 2.24) is 10.2 Å². The number of ether oxygens (including phenoxy) is 1. The second-order valence-electron chi connectivity index (χ2n) is 3.37. The van der Waals surface area contributed by atoms with Gasteiger partial charge in [-0.15, -0.1) is 0 Å². The molecule has 1 aromatic heterocycles. The summed E-state index contributed by atoms with van der Waals surface area (Å²) in [5, 5.41) is 6.67. The van der Waals surface area contributed by atoms with Gasteiger partial charge in [-0.3, -0.25) is 5.10 Å².